The van der Waals surface area contributed by atoms with Gasteiger partial charge in [0.05, 0.1) is 10.5 Å². The van der Waals surface area contributed by atoms with Crippen molar-refractivity contribution in [2.75, 3.05) is 11.2 Å². The molecule has 2 N–H and O–H groups in total. The van der Waals surface area contributed by atoms with Crippen LogP contribution in [0.15, 0.2) is 41.3 Å². The summed E-state index contributed by atoms with van der Waals surface area (Å²) in [6, 6.07) is 7.70. The number of halogens is 3. The molecule has 1 aromatic heterocycles. The van der Waals surface area contributed by atoms with Crippen LogP contribution in [0, 0.1) is 17.5 Å². The highest BCUT2D eigenvalue weighted by Crippen LogP contribution is 2.28. The minimum atomic E-state index is -0.757. The Labute approximate surface area is 143 Å². The quantitative estimate of drug-likeness (QED) is 0.528. The SMILES string of the molecule is O=C(CSc1ccc(F)cc1)NNc1nc2c(F)cc(F)cc2s1. The average Bonchev–Trinajstić information content (AvgIpc) is 2.95. The number of thiazole rings is 1. The molecule has 0 bridgehead atoms. The van der Waals surface area contributed by atoms with E-state index in [1.54, 1.807) is 12.1 Å². The van der Waals surface area contributed by atoms with E-state index in [0.29, 0.717) is 4.70 Å². The van der Waals surface area contributed by atoms with Crippen molar-refractivity contribution in [3.8, 4) is 0 Å². The van der Waals surface area contributed by atoms with Gasteiger partial charge in [-0.25, -0.2) is 18.2 Å². The summed E-state index contributed by atoms with van der Waals surface area (Å²) < 4.78 is 39.8. The zero-order valence-corrected chi connectivity index (χ0v) is 13.6. The summed E-state index contributed by atoms with van der Waals surface area (Å²) in [6.45, 7) is 0. The zero-order chi connectivity index (χ0) is 17.1. The fourth-order valence-electron chi connectivity index (χ4n) is 1.85. The van der Waals surface area contributed by atoms with E-state index in [-0.39, 0.29) is 28.1 Å². The van der Waals surface area contributed by atoms with Crippen LogP contribution in [0.25, 0.3) is 10.2 Å². The molecule has 0 saturated carbocycles. The number of nitrogens with zero attached hydrogens (tertiary/aromatic N) is 1. The monoisotopic (exact) mass is 369 g/mol. The van der Waals surface area contributed by atoms with Crippen LogP contribution in [-0.4, -0.2) is 16.6 Å². The van der Waals surface area contributed by atoms with Crippen LogP contribution in [0.1, 0.15) is 0 Å². The Morgan fingerprint density at radius 3 is 2.62 bits per heavy atom. The van der Waals surface area contributed by atoms with E-state index >= 15 is 0 Å². The predicted molar refractivity (Wildman–Crippen MR) is 88.4 cm³/mol. The van der Waals surface area contributed by atoms with Crippen molar-refractivity contribution in [3.63, 3.8) is 0 Å². The molecule has 9 heteroatoms. The number of anilines is 1. The first kappa shape index (κ1) is 16.6. The van der Waals surface area contributed by atoms with Crippen molar-refractivity contribution in [1.82, 2.24) is 10.4 Å². The first-order valence-corrected chi connectivity index (χ1v) is 8.50. The van der Waals surface area contributed by atoms with Crippen LogP contribution >= 0.6 is 23.1 Å². The lowest BCUT2D eigenvalue weighted by atomic mass is 10.3. The molecule has 0 aliphatic heterocycles. The van der Waals surface area contributed by atoms with Crippen molar-refractivity contribution in [3.05, 3.63) is 53.8 Å². The van der Waals surface area contributed by atoms with Crippen LogP contribution in [0.3, 0.4) is 0 Å². The highest BCUT2D eigenvalue weighted by atomic mass is 32.2. The minimum absolute atomic E-state index is 0.0406. The molecule has 124 valence electrons. The summed E-state index contributed by atoms with van der Waals surface area (Å²) in [7, 11) is 0. The molecule has 1 heterocycles. The summed E-state index contributed by atoms with van der Waals surface area (Å²) in [5, 5.41) is 0.245. The maximum Gasteiger partial charge on any atom is 0.248 e. The molecular formula is C15H10F3N3OS2. The summed E-state index contributed by atoms with van der Waals surface area (Å²) in [5.74, 6) is -2.02. The standard InChI is InChI=1S/C15H10F3N3OS2/c16-8-1-3-10(4-2-8)23-7-13(22)20-21-15-19-14-11(18)5-9(17)6-12(14)24-15/h1-6H,7H2,(H,19,21)(H,20,22). The van der Waals surface area contributed by atoms with Gasteiger partial charge in [-0.1, -0.05) is 11.3 Å². The van der Waals surface area contributed by atoms with Crippen LogP contribution in [-0.2, 0) is 4.79 Å². The van der Waals surface area contributed by atoms with Gasteiger partial charge in [0.2, 0.25) is 11.0 Å². The number of benzene rings is 2. The Balaban J connectivity index is 1.56. The third kappa shape index (κ3) is 3.98. The number of amides is 1. The summed E-state index contributed by atoms with van der Waals surface area (Å²) in [6.07, 6.45) is 0. The van der Waals surface area contributed by atoms with Crippen molar-refractivity contribution in [1.29, 1.82) is 0 Å². The van der Waals surface area contributed by atoms with E-state index in [1.165, 1.54) is 30.0 Å². The van der Waals surface area contributed by atoms with E-state index in [0.717, 1.165) is 22.3 Å². The van der Waals surface area contributed by atoms with Gasteiger partial charge in [-0.3, -0.25) is 15.6 Å². The van der Waals surface area contributed by atoms with Gasteiger partial charge in [0, 0.05) is 11.0 Å². The Morgan fingerprint density at radius 1 is 1.12 bits per heavy atom. The maximum absolute atomic E-state index is 13.6. The number of hydrogen-bond acceptors (Lipinski definition) is 5. The van der Waals surface area contributed by atoms with Crippen LogP contribution in [0.4, 0.5) is 18.3 Å². The lowest BCUT2D eigenvalue weighted by Gasteiger charge is -2.05. The number of hydrazine groups is 1. The van der Waals surface area contributed by atoms with Gasteiger partial charge in [0.25, 0.3) is 0 Å². The van der Waals surface area contributed by atoms with Crippen LogP contribution in [0.2, 0.25) is 0 Å². The number of rotatable bonds is 5. The molecule has 0 aliphatic rings. The van der Waals surface area contributed by atoms with Gasteiger partial charge in [-0.05, 0) is 30.3 Å². The van der Waals surface area contributed by atoms with Crippen LogP contribution in [0.5, 0.6) is 0 Å². The number of nitrogens with one attached hydrogen (secondary N) is 2. The molecule has 0 atom stereocenters. The second-order valence-electron chi connectivity index (χ2n) is 4.67. The molecule has 3 rings (SSSR count). The molecular weight excluding hydrogens is 359 g/mol. The third-order valence-electron chi connectivity index (χ3n) is 2.91. The van der Waals surface area contributed by atoms with Crippen molar-refractivity contribution >= 4 is 44.4 Å². The number of thioether (sulfide) groups is 1. The molecule has 4 nitrogen and oxygen atoms in total. The van der Waals surface area contributed by atoms with Gasteiger partial charge >= 0.3 is 0 Å². The second kappa shape index (κ2) is 7.10. The average molecular weight is 369 g/mol. The van der Waals surface area contributed by atoms with E-state index in [9.17, 15) is 18.0 Å². The van der Waals surface area contributed by atoms with Crippen molar-refractivity contribution in [2.45, 2.75) is 4.90 Å². The number of aromatic nitrogens is 1. The number of fused-ring (bicyclic) bond motifs is 1. The van der Waals surface area contributed by atoms with E-state index in [4.69, 9.17) is 0 Å². The Hall–Kier alpha value is -2.26. The Morgan fingerprint density at radius 2 is 1.88 bits per heavy atom. The zero-order valence-electron chi connectivity index (χ0n) is 12.0. The van der Waals surface area contributed by atoms with Crippen molar-refractivity contribution < 1.29 is 18.0 Å². The van der Waals surface area contributed by atoms with E-state index < -0.39 is 11.6 Å². The van der Waals surface area contributed by atoms with Gasteiger partial charge in [0.15, 0.2) is 5.82 Å². The molecule has 3 aromatic rings. The van der Waals surface area contributed by atoms with Gasteiger partial charge < -0.3 is 0 Å². The Kier molecular flexibility index (Phi) is 4.91. The summed E-state index contributed by atoms with van der Waals surface area (Å²) in [5.41, 5.74) is 5.04. The minimum Gasteiger partial charge on any atom is -0.273 e. The normalized spacial score (nSPS) is 10.8. The fourth-order valence-corrected chi connectivity index (χ4v) is 3.41. The third-order valence-corrected chi connectivity index (χ3v) is 4.84. The molecule has 0 fully saturated rings. The lowest BCUT2D eigenvalue weighted by molar-refractivity contribution is -0.118. The van der Waals surface area contributed by atoms with E-state index in [2.05, 4.69) is 15.8 Å². The van der Waals surface area contributed by atoms with Gasteiger partial charge in [-0.2, -0.15) is 0 Å². The fraction of sp³-hybridized carbons (Fsp3) is 0.0667. The molecule has 0 spiro atoms. The lowest BCUT2D eigenvalue weighted by Crippen LogP contribution is -2.30. The van der Waals surface area contributed by atoms with Gasteiger partial charge in [-0.15, -0.1) is 11.8 Å². The topological polar surface area (TPSA) is 54.0 Å². The first-order valence-electron chi connectivity index (χ1n) is 6.70. The molecule has 1 amide bonds. The summed E-state index contributed by atoms with van der Waals surface area (Å²) >= 11 is 2.25. The summed E-state index contributed by atoms with van der Waals surface area (Å²) in [4.78, 5) is 16.5. The predicted octanol–water partition coefficient (Wildman–Crippen LogP) is 3.95. The number of carbonyl (C=O) groups excluding carboxylic acids is 1. The number of carbonyl (C=O) groups is 1. The largest absolute Gasteiger partial charge is 0.273 e. The highest BCUT2D eigenvalue weighted by Gasteiger charge is 2.11. The molecule has 0 unspecified atom stereocenters. The number of hydrogen-bond donors (Lipinski definition) is 2. The second-order valence-corrected chi connectivity index (χ2v) is 6.75. The maximum atomic E-state index is 13.6. The smallest absolute Gasteiger partial charge is 0.248 e. The highest BCUT2D eigenvalue weighted by molar-refractivity contribution is 8.00. The molecule has 0 radical (unpaired) electrons. The van der Waals surface area contributed by atoms with E-state index in [1.807, 2.05) is 0 Å². The van der Waals surface area contributed by atoms with Crippen LogP contribution < -0.4 is 10.9 Å². The molecule has 2 aromatic carbocycles. The van der Waals surface area contributed by atoms with Crippen molar-refractivity contribution in [2.24, 2.45) is 0 Å². The van der Waals surface area contributed by atoms with Gasteiger partial charge in [0.1, 0.15) is 17.2 Å². The first-order chi connectivity index (χ1) is 11.5. The molecule has 0 aliphatic carbocycles. The molecule has 24 heavy (non-hydrogen) atoms. The molecule has 0 saturated heterocycles. The Bertz CT molecular complexity index is 884.